The summed E-state index contributed by atoms with van der Waals surface area (Å²) in [7, 11) is -4.76. The molecule has 0 aromatic carbocycles. The van der Waals surface area contributed by atoms with Gasteiger partial charge in [0, 0.05) is 19.3 Å². The van der Waals surface area contributed by atoms with Crippen molar-refractivity contribution < 1.29 is 52.2 Å². The van der Waals surface area contributed by atoms with Gasteiger partial charge in [-0.2, -0.15) is 0 Å². The van der Waals surface area contributed by atoms with Crippen molar-refractivity contribution >= 4 is 25.7 Å². The fourth-order valence-electron chi connectivity index (χ4n) is 7.74. The molecular weight excluding hydrogens is 928 g/mol. The van der Waals surface area contributed by atoms with Gasteiger partial charge < -0.3 is 24.2 Å². The average Bonchev–Trinajstić information content (AvgIpc) is 3.37. The molecule has 0 heterocycles. The SMILES string of the molecule is CC/C=C\C/C=C\C/C=C\C/C=C\CCCCC(=O)OC(COC(=O)CCCCCCCCCCCCCCCCCCC)COP(=O)(O)OCC(CO)OC(=O)CCCCCCC/C=C\C/C=C\CCC. The van der Waals surface area contributed by atoms with Crippen LogP contribution in [0.1, 0.15) is 252 Å². The summed E-state index contributed by atoms with van der Waals surface area (Å²) in [4.78, 5) is 48.5. The van der Waals surface area contributed by atoms with Crippen LogP contribution in [0.5, 0.6) is 0 Å². The van der Waals surface area contributed by atoms with Crippen LogP contribution in [0.15, 0.2) is 72.9 Å². The van der Waals surface area contributed by atoms with Crippen LogP contribution in [0.3, 0.4) is 0 Å². The maximum Gasteiger partial charge on any atom is 0.472 e. The molecule has 0 rings (SSSR count). The van der Waals surface area contributed by atoms with E-state index in [0.29, 0.717) is 19.3 Å². The molecule has 2 N–H and O–H groups in total. The van der Waals surface area contributed by atoms with E-state index >= 15 is 0 Å². The van der Waals surface area contributed by atoms with Crippen molar-refractivity contribution in [3.8, 4) is 0 Å². The molecule has 0 fully saturated rings. The van der Waals surface area contributed by atoms with Gasteiger partial charge in [-0.1, -0.05) is 222 Å². The van der Waals surface area contributed by atoms with Gasteiger partial charge >= 0.3 is 25.7 Å². The van der Waals surface area contributed by atoms with Crippen LogP contribution in [-0.2, 0) is 42.2 Å². The van der Waals surface area contributed by atoms with Crippen LogP contribution < -0.4 is 0 Å². The van der Waals surface area contributed by atoms with Gasteiger partial charge in [-0.3, -0.25) is 23.4 Å². The van der Waals surface area contributed by atoms with Crippen LogP contribution >= 0.6 is 7.82 Å². The second kappa shape index (κ2) is 54.2. The number of phosphoric ester groups is 1. The number of aliphatic hydroxyl groups is 1. The Hall–Kier alpha value is -3.08. The summed E-state index contributed by atoms with van der Waals surface area (Å²) in [5.74, 6) is -1.52. The number of unbranched alkanes of at least 4 members (excludes halogenated alkanes) is 24. The van der Waals surface area contributed by atoms with Gasteiger partial charge in [0.1, 0.15) is 12.7 Å². The molecule has 0 aromatic rings. The van der Waals surface area contributed by atoms with E-state index in [1.165, 1.54) is 83.5 Å². The topological polar surface area (TPSA) is 155 Å². The van der Waals surface area contributed by atoms with Crippen LogP contribution in [-0.4, -0.2) is 66.5 Å². The highest BCUT2D eigenvalue weighted by Crippen LogP contribution is 2.43. The van der Waals surface area contributed by atoms with Gasteiger partial charge in [-0.05, 0) is 83.5 Å². The van der Waals surface area contributed by atoms with Gasteiger partial charge in [-0.15, -0.1) is 0 Å². The molecule has 0 saturated heterocycles. The first-order valence-electron chi connectivity index (χ1n) is 28.8. The highest BCUT2D eigenvalue weighted by atomic mass is 31.2. The summed E-state index contributed by atoms with van der Waals surface area (Å²) in [5, 5.41) is 9.80. The third-order valence-electron chi connectivity index (χ3n) is 12.1. The van der Waals surface area contributed by atoms with Crippen molar-refractivity contribution in [2.24, 2.45) is 0 Å². The Morgan fingerprint density at radius 3 is 1.19 bits per heavy atom. The van der Waals surface area contributed by atoms with Crippen molar-refractivity contribution in [1.82, 2.24) is 0 Å². The van der Waals surface area contributed by atoms with E-state index < -0.39 is 57.8 Å². The molecule has 3 atom stereocenters. The number of rotatable bonds is 53. The van der Waals surface area contributed by atoms with Crippen LogP contribution in [0.25, 0.3) is 0 Å². The Kier molecular flexibility index (Phi) is 51.9. The molecule has 72 heavy (non-hydrogen) atoms. The highest BCUT2D eigenvalue weighted by molar-refractivity contribution is 7.47. The molecule has 0 bridgehead atoms. The summed E-state index contributed by atoms with van der Waals surface area (Å²) in [6, 6.07) is 0. The Morgan fingerprint density at radius 1 is 0.403 bits per heavy atom. The summed E-state index contributed by atoms with van der Waals surface area (Å²) < 4.78 is 39.5. The molecule has 11 nitrogen and oxygen atoms in total. The van der Waals surface area contributed by atoms with Crippen molar-refractivity contribution in [2.45, 2.75) is 264 Å². The molecule has 0 aliphatic carbocycles. The van der Waals surface area contributed by atoms with Crippen molar-refractivity contribution in [1.29, 1.82) is 0 Å². The van der Waals surface area contributed by atoms with E-state index in [0.717, 1.165) is 109 Å². The zero-order valence-electron chi connectivity index (χ0n) is 45.9. The van der Waals surface area contributed by atoms with Gasteiger partial charge in [0.15, 0.2) is 6.10 Å². The van der Waals surface area contributed by atoms with E-state index in [-0.39, 0.29) is 25.9 Å². The minimum absolute atomic E-state index is 0.114. The summed E-state index contributed by atoms with van der Waals surface area (Å²) in [6.45, 7) is 4.42. The van der Waals surface area contributed by atoms with Gasteiger partial charge in [-0.25, -0.2) is 4.57 Å². The molecule has 0 saturated carbocycles. The Morgan fingerprint density at radius 2 is 0.750 bits per heavy atom. The van der Waals surface area contributed by atoms with Crippen molar-refractivity contribution in [3.05, 3.63) is 72.9 Å². The lowest BCUT2D eigenvalue weighted by Crippen LogP contribution is -2.30. The minimum Gasteiger partial charge on any atom is -0.462 e. The Bertz CT molecular complexity index is 1490. The molecule has 0 amide bonds. The molecule has 0 spiro atoms. The number of aliphatic hydroxyl groups excluding tert-OH is 1. The maximum absolute atomic E-state index is 12.9. The standard InChI is InChI=1S/C60H105O11P/c1-4-7-10-13-16-19-22-25-27-28-30-32-34-37-40-43-46-49-58(62)67-53-57(71-60(64)51-48-45-42-39-36-33-29-26-23-20-17-14-11-8-5-2)55-69-72(65,66)68-54-56(52-61)70-59(63)50-47-44-41-38-35-31-24-21-18-15-12-9-6-3/h8,11-12,15,17,20-21,24,26,29,36,39,56-57,61H,4-7,9-10,13-14,16,18-19,22-23,25,27-28,30-35,37-38,40-55H2,1-3H3,(H,65,66)/b11-8-,15-12-,20-17-,24-21-,29-26-,39-36-. The monoisotopic (exact) mass is 1030 g/mol. The summed E-state index contributed by atoms with van der Waals surface area (Å²) in [5.41, 5.74) is 0. The number of carbonyl (C=O) groups excluding carboxylic acids is 3. The van der Waals surface area contributed by atoms with E-state index in [2.05, 4.69) is 93.7 Å². The third kappa shape index (κ3) is 51.8. The second-order valence-corrected chi connectivity index (χ2v) is 20.5. The summed E-state index contributed by atoms with van der Waals surface area (Å²) >= 11 is 0. The van der Waals surface area contributed by atoms with Crippen LogP contribution in [0.2, 0.25) is 0 Å². The lowest BCUT2D eigenvalue weighted by Gasteiger charge is -2.21. The number of ether oxygens (including phenoxy) is 3. The molecule has 0 radical (unpaired) electrons. The quantitative estimate of drug-likeness (QED) is 0.0197. The van der Waals surface area contributed by atoms with Crippen molar-refractivity contribution in [2.75, 3.05) is 26.4 Å². The molecule has 0 aliphatic rings. The average molecular weight is 1030 g/mol. The highest BCUT2D eigenvalue weighted by Gasteiger charge is 2.28. The van der Waals surface area contributed by atoms with E-state index in [9.17, 15) is 28.9 Å². The number of phosphoric acid groups is 1. The molecule has 0 aliphatic heterocycles. The summed E-state index contributed by atoms with van der Waals surface area (Å²) in [6.07, 6.45) is 60.1. The Balaban J connectivity index is 4.77. The number of hydrogen-bond donors (Lipinski definition) is 2. The lowest BCUT2D eigenvalue weighted by molar-refractivity contribution is -0.161. The van der Waals surface area contributed by atoms with Gasteiger partial charge in [0.2, 0.25) is 0 Å². The predicted octanol–water partition coefficient (Wildman–Crippen LogP) is 16.9. The molecule has 12 heteroatoms. The predicted molar refractivity (Wildman–Crippen MR) is 298 cm³/mol. The van der Waals surface area contributed by atoms with Crippen LogP contribution in [0.4, 0.5) is 0 Å². The van der Waals surface area contributed by atoms with E-state index in [4.69, 9.17) is 23.3 Å². The molecule has 3 unspecified atom stereocenters. The molecule has 416 valence electrons. The molecular formula is C60H105O11P. The van der Waals surface area contributed by atoms with E-state index in [1.807, 2.05) is 0 Å². The smallest absolute Gasteiger partial charge is 0.462 e. The number of carbonyl (C=O) groups is 3. The second-order valence-electron chi connectivity index (χ2n) is 19.1. The Labute approximate surface area is 439 Å². The lowest BCUT2D eigenvalue weighted by atomic mass is 10.0. The van der Waals surface area contributed by atoms with Gasteiger partial charge in [0.25, 0.3) is 0 Å². The minimum atomic E-state index is -4.76. The number of esters is 3. The largest absolute Gasteiger partial charge is 0.472 e. The fourth-order valence-corrected chi connectivity index (χ4v) is 8.52. The first-order valence-corrected chi connectivity index (χ1v) is 30.3. The normalized spacial score (nSPS) is 13.9. The zero-order valence-corrected chi connectivity index (χ0v) is 46.8. The number of hydrogen-bond acceptors (Lipinski definition) is 10. The van der Waals surface area contributed by atoms with E-state index in [1.54, 1.807) is 0 Å². The number of allylic oxidation sites excluding steroid dienone is 12. The van der Waals surface area contributed by atoms with Crippen LogP contribution in [0, 0.1) is 0 Å². The zero-order chi connectivity index (χ0) is 52.7. The first-order chi connectivity index (χ1) is 35.2. The van der Waals surface area contributed by atoms with Gasteiger partial charge in [0.05, 0.1) is 19.8 Å². The maximum atomic E-state index is 12.9. The molecule has 0 aromatic heterocycles. The third-order valence-corrected chi connectivity index (χ3v) is 13.0. The fraction of sp³-hybridized carbons (Fsp3) is 0.750. The van der Waals surface area contributed by atoms with Crippen molar-refractivity contribution in [3.63, 3.8) is 0 Å². The first kappa shape index (κ1) is 68.9.